The summed E-state index contributed by atoms with van der Waals surface area (Å²) >= 11 is 0. The maximum absolute atomic E-state index is 12.3. The Labute approximate surface area is 82.0 Å². The molecule has 1 aliphatic carbocycles. The topological polar surface area (TPSA) is 17.8 Å². The highest BCUT2D eigenvalue weighted by Crippen LogP contribution is 2.22. The summed E-state index contributed by atoms with van der Waals surface area (Å²) in [4.78, 5) is 4.33. The van der Waals surface area contributed by atoms with Gasteiger partial charge < -0.3 is 4.57 Å². The van der Waals surface area contributed by atoms with Gasteiger partial charge in [-0.2, -0.15) is 0 Å². The maximum Gasteiger partial charge on any atom is 0.256 e. The molecule has 4 heteroatoms. The highest BCUT2D eigenvalue weighted by molar-refractivity contribution is 5.19. The second-order valence-electron chi connectivity index (χ2n) is 3.76. The molecule has 1 heterocycles. The van der Waals surface area contributed by atoms with E-state index in [1.54, 1.807) is 11.5 Å². The van der Waals surface area contributed by atoms with Gasteiger partial charge in [0.05, 0.1) is 12.2 Å². The lowest BCUT2D eigenvalue weighted by Crippen LogP contribution is -2.13. The summed E-state index contributed by atoms with van der Waals surface area (Å²) in [7, 11) is 0. The lowest BCUT2D eigenvalue weighted by atomic mass is 10.0. The molecule has 0 spiro atoms. The van der Waals surface area contributed by atoms with Crippen LogP contribution in [0, 0.1) is 6.92 Å². The van der Waals surface area contributed by atoms with Crippen LogP contribution in [0.4, 0.5) is 8.78 Å². The summed E-state index contributed by atoms with van der Waals surface area (Å²) in [6.45, 7) is 1.61. The average molecular weight is 200 g/mol. The number of aromatic nitrogens is 2. The van der Waals surface area contributed by atoms with Gasteiger partial charge >= 0.3 is 0 Å². The van der Waals surface area contributed by atoms with Gasteiger partial charge in [0.1, 0.15) is 5.82 Å². The van der Waals surface area contributed by atoms with Crippen LogP contribution < -0.4 is 0 Å². The number of hydrogen-bond donors (Lipinski definition) is 0. The zero-order valence-electron chi connectivity index (χ0n) is 8.26. The highest BCUT2D eigenvalue weighted by atomic mass is 19.3. The van der Waals surface area contributed by atoms with E-state index in [4.69, 9.17) is 0 Å². The van der Waals surface area contributed by atoms with Gasteiger partial charge in [0.25, 0.3) is 6.43 Å². The molecule has 2 nitrogen and oxygen atoms in total. The molecule has 78 valence electrons. The van der Waals surface area contributed by atoms with Crippen molar-refractivity contribution in [1.29, 1.82) is 0 Å². The standard InChI is InChI=1S/C10H14F2N2/c1-7-13-8-4-2-3-5-9(8)14(7)6-10(11)12/h10H,2-6H2,1H3. The number of rotatable bonds is 2. The molecule has 0 fully saturated rings. The molecule has 0 atom stereocenters. The molecule has 1 aliphatic rings. The Balaban J connectivity index is 2.33. The summed E-state index contributed by atoms with van der Waals surface area (Å²) < 4.78 is 26.3. The van der Waals surface area contributed by atoms with Crippen molar-refractivity contribution >= 4 is 0 Å². The third-order valence-electron chi connectivity index (χ3n) is 2.74. The first kappa shape index (κ1) is 9.62. The number of imidazole rings is 1. The number of hydrogen-bond acceptors (Lipinski definition) is 1. The summed E-state index contributed by atoms with van der Waals surface area (Å²) in [6.07, 6.45) is 1.81. The molecule has 0 saturated carbocycles. The van der Waals surface area contributed by atoms with Gasteiger partial charge in [-0.1, -0.05) is 0 Å². The van der Waals surface area contributed by atoms with Crippen molar-refractivity contribution in [2.24, 2.45) is 0 Å². The Morgan fingerprint density at radius 1 is 1.36 bits per heavy atom. The van der Waals surface area contributed by atoms with Gasteiger partial charge in [-0.25, -0.2) is 13.8 Å². The van der Waals surface area contributed by atoms with Gasteiger partial charge in [0.15, 0.2) is 0 Å². The number of aryl methyl sites for hydroxylation is 2. The van der Waals surface area contributed by atoms with Crippen molar-refractivity contribution in [1.82, 2.24) is 9.55 Å². The first-order valence-corrected chi connectivity index (χ1v) is 5.01. The number of alkyl halides is 2. The van der Waals surface area contributed by atoms with Gasteiger partial charge in [0, 0.05) is 5.69 Å². The molecule has 0 amide bonds. The van der Waals surface area contributed by atoms with Crippen LogP contribution in [0.3, 0.4) is 0 Å². The van der Waals surface area contributed by atoms with Crippen LogP contribution in [0.1, 0.15) is 30.1 Å². The molecule has 0 aliphatic heterocycles. The summed E-state index contributed by atoms with van der Waals surface area (Å²) in [5, 5.41) is 0. The van der Waals surface area contributed by atoms with Crippen molar-refractivity contribution in [2.45, 2.75) is 45.6 Å². The Hall–Kier alpha value is -0.930. The summed E-state index contributed by atoms with van der Waals surface area (Å²) in [6, 6.07) is 0. The van der Waals surface area contributed by atoms with Gasteiger partial charge in [-0.05, 0) is 32.6 Å². The smallest absolute Gasteiger partial charge is 0.256 e. The molecule has 0 radical (unpaired) electrons. The minimum Gasteiger partial charge on any atom is -0.326 e. The largest absolute Gasteiger partial charge is 0.326 e. The molecule has 0 saturated heterocycles. The SMILES string of the molecule is Cc1nc2c(n1CC(F)F)CCCC2. The average Bonchev–Trinajstić information content (AvgIpc) is 2.43. The zero-order chi connectivity index (χ0) is 10.1. The third-order valence-corrected chi connectivity index (χ3v) is 2.74. The lowest BCUT2D eigenvalue weighted by Gasteiger charge is -2.14. The van der Waals surface area contributed by atoms with Crippen LogP contribution in [0.2, 0.25) is 0 Å². The molecule has 1 aromatic heterocycles. The summed E-state index contributed by atoms with van der Waals surface area (Å²) in [5.41, 5.74) is 2.07. The van der Waals surface area contributed by atoms with Crippen LogP contribution in [0.5, 0.6) is 0 Å². The van der Waals surface area contributed by atoms with Gasteiger partial charge in [-0.15, -0.1) is 0 Å². The molecule has 0 bridgehead atoms. The van der Waals surface area contributed by atoms with Crippen LogP contribution in [0.25, 0.3) is 0 Å². The van der Waals surface area contributed by atoms with Crippen LogP contribution in [0.15, 0.2) is 0 Å². The minimum absolute atomic E-state index is 0.200. The number of fused-ring (bicyclic) bond motifs is 1. The Bertz CT molecular complexity index is 331. The predicted molar refractivity (Wildman–Crippen MR) is 49.6 cm³/mol. The zero-order valence-corrected chi connectivity index (χ0v) is 8.26. The number of halogens is 2. The Morgan fingerprint density at radius 3 is 2.79 bits per heavy atom. The van der Waals surface area contributed by atoms with E-state index in [2.05, 4.69) is 4.98 Å². The minimum atomic E-state index is -2.28. The van der Waals surface area contributed by atoms with E-state index >= 15 is 0 Å². The molecular weight excluding hydrogens is 186 g/mol. The van der Waals surface area contributed by atoms with E-state index in [9.17, 15) is 8.78 Å². The van der Waals surface area contributed by atoms with Crippen molar-refractivity contribution < 1.29 is 8.78 Å². The van der Waals surface area contributed by atoms with Gasteiger partial charge in [0.2, 0.25) is 0 Å². The summed E-state index contributed by atoms with van der Waals surface area (Å²) in [5.74, 6) is 0.734. The van der Waals surface area contributed by atoms with E-state index < -0.39 is 6.43 Å². The number of nitrogens with zero attached hydrogens (tertiary/aromatic N) is 2. The van der Waals surface area contributed by atoms with E-state index in [1.165, 1.54) is 0 Å². The maximum atomic E-state index is 12.3. The van der Waals surface area contributed by atoms with E-state index in [0.717, 1.165) is 42.9 Å². The van der Waals surface area contributed by atoms with Crippen molar-refractivity contribution in [3.05, 3.63) is 17.2 Å². The Kier molecular flexibility index (Phi) is 2.52. The van der Waals surface area contributed by atoms with E-state index in [-0.39, 0.29) is 6.54 Å². The van der Waals surface area contributed by atoms with Gasteiger partial charge in [-0.3, -0.25) is 0 Å². The molecule has 2 rings (SSSR count). The van der Waals surface area contributed by atoms with E-state index in [0.29, 0.717) is 0 Å². The fraction of sp³-hybridized carbons (Fsp3) is 0.700. The predicted octanol–water partition coefficient (Wildman–Crippen LogP) is 2.34. The molecule has 0 aromatic carbocycles. The fourth-order valence-electron chi connectivity index (χ4n) is 2.12. The van der Waals surface area contributed by atoms with Crippen molar-refractivity contribution in [3.63, 3.8) is 0 Å². The molecule has 14 heavy (non-hydrogen) atoms. The molecule has 0 unspecified atom stereocenters. The molecule has 1 aromatic rings. The second kappa shape index (κ2) is 3.67. The highest BCUT2D eigenvalue weighted by Gasteiger charge is 2.19. The van der Waals surface area contributed by atoms with Crippen molar-refractivity contribution in [3.8, 4) is 0 Å². The van der Waals surface area contributed by atoms with Crippen LogP contribution >= 0.6 is 0 Å². The van der Waals surface area contributed by atoms with Crippen molar-refractivity contribution in [2.75, 3.05) is 0 Å². The monoisotopic (exact) mass is 200 g/mol. The molecule has 0 N–H and O–H groups in total. The normalized spacial score (nSPS) is 16.0. The third kappa shape index (κ3) is 1.65. The second-order valence-corrected chi connectivity index (χ2v) is 3.76. The quantitative estimate of drug-likeness (QED) is 0.716. The lowest BCUT2D eigenvalue weighted by molar-refractivity contribution is 0.124. The fourth-order valence-corrected chi connectivity index (χ4v) is 2.12. The van der Waals surface area contributed by atoms with E-state index in [1.807, 2.05) is 0 Å². The van der Waals surface area contributed by atoms with Crippen LogP contribution in [-0.4, -0.2) is 16.0 Å². The Morgan fingerprint density at radius 2 is 2.07 bits per heavy atom. The first-order valence-electron chi connectivity index (χ1n) is 5.01. The van der Waals surface area contributed by atoms with Crippen LogP contribution in [-0.2, 0) is 19.4 Å². The molecular formula is C10H14F2N2. The first-order chi connectivity index (χ1) is 6.68.